The Morgan fingerprint density at radius 1 is 1.19 bits per heavy atom. The zero-order valence-electron chi connectivity index (χ0n) is 18.6. The molecule has 184 valence electrons. The number of ether oxygens (including phenoxy) is 1. The number of benzene rings is 1. The first-order chi connectivity index (χ1) is 17.2. The maximum Gasteiger partial charge on any atom is 0.414 e. The number of pyridine rings is 1. The van der Waals surface area contributed by atoms with E-state index < -0.39 is 39.1 Å². The predicted octanol–water partition coefficient (Wildman–Crippen LogP) is 2.08. The number of hydrogen-bond donors (Lipinski definition) is 0. The van der Waals surface area contributed by atoms with Gasteiger partial charge in [-0.2, -0.15) is 5.26 Å². The first kappa shape index (κ1) is 22.5. The van der Waals surface area contributed by atoms with Gasteiger partial charge in [-0.15, -0.1) is 5.10 Å². The van der Waals surface area contributed by atoms with Crippen molar-refractivity contribution in [1.82, 2.24) is 20.0 Å². The normalized spacial score (nSPS) is 28.0. The van der Waals surface area contributed by atoms with Crippen molar-refractivity contribution < 1.29 is 26.7 Å². The monoisotopic (exact) mass is 512 g/mol. The van der Waals surface area contributed by atoms with Crippen LogP contribution in [0.25, 0.3) is 11.1 Å². The van der Waals surface area contributed by atoms with E-state index in [0.717, 1.165) is 17.0 Å². The molecule has 3 aromatic rings. The Hall–Kier alpha value is -3.92. The number of rotatable bonds is 5. The summed E-state index contributed by atoms with van der Waals surface area (Å²) in [6, 6.07) is 7.30. The van der Waals surface area contributed by atoms with Gasteiger partial charge in [0.1, 0.15) is 23.2 Å². The molecule has 0 spiro atoms. The summed E-state index contributed by atoms with van der Waals surface area (Å²) in [5, 5.41) is 17.3. The Morgan fingerprint density at radius 2 is 1.92 bits per heavy atom. The van der Waals surface area contributed by atoms with Gasteiger partial charge in [0, 0.05) is 29.8 Å². The van der Waals surface area contributed by atoms with Crippen molar-refractivity contribution in [3.63, 3.8) is 0 Å². The van der Waals surface area contributed by atoms with Gasteiger partial charge in [-0.1, -0.05) is 11.3 Å². The number of nitriles is 1. The van der Waals surface area contributed by atoms with Crippen molar-refractivity contribution >= 4 is 21.6 Å². The third kappa shape index (κ3) is 3.43. The number of hydrogen-bond acceptors (Lipinski definition) is 8. The summed E-state index contributed by atoms with van der Waals surface area (Å²) < 4.78 is 60.5. The number of anilines is 1. The zero-order valence-corrected chi connectivity index (χ0v) is 19.4. The molecule has 0 N–H and O–H groups in total. The molecular weight excluding hydrogens is 494 g/mol. The summed E-state index contributed by atoms with van der Waals surface area (Å²) in [5.74, 6) is -2.52. The number of halogens is 2. The van der Waals surface area contributed by atoms with Gasteiger partial charge in [-0.05, 0) is 18.2 Å². The average Bonchev–Trinajstić information content (AvgIpc) is 3.29. The number of carbonyl (C=O) groups is 1. The van der Waals surface area contributed by atoms with Crippen LogP contribution in [0.2, 0.25) is 0 Å². The van der Waals surface area contributed by atoms with Gasteiger partial charge in [0.15, 0.2) is 9.84 Å². The van der Waals surface area contributed by atoms with Gasteiger partial charge in [0.2, 0.25) is 0 Å². The zero-order chi connectivity index (χ0) is 25.2. The Labute approximate surface area is 204 Å². The van der Waals surface area contributed by atoms with Crippen molar-refractivity contribution in [2.24, 2.45) is 11.8 Å². The van der Waals surface area contributed by atoms with Crippen LogP contribution in [0.15, 0.2) is 42.9 Å². The van der Waals surface area contributed by atoms with Gasteiger partial charge in [-0.3, -0.25) is 9.88 Å². The van der Waals surface area contributed by atoms with Crippen LogP contribution in [0.5, 0.6) is 0 Å². The van der Waals surface area contributed by atoms with Crippen molar-refractivity contribution in [1.29, 1.82) is 5.26 Å². The maximum absolute atomic E-state index is 15.1. The molecule has 4 heterocycles. The number of nitrogens with zero attached hydrogens (tertiary/aromatic N) is 6. The highest BCUT2D eigenvalue weighted by Crippen LogP contribution is 2.63. The second-order valence-corrected chi connectivity index (χ2v) is 11.4. The molecule has 1 saturated carbocycles. The molecule has 0 radical (unpaired) electrons. The molecule has 3 aliphatic rings. The van der Waals surface area contributed by atoms with Crippen molar-refractivity contribution in [3.8, 4) is 17.2 Å². The molecule has 1 aliphatic carbocycles. The van der Waals surface area contributed by atoms with Crippen LogP contribution in [-0.4, -0.2) is 58.6 Å². The average molecular weight is 512 g/mol. The third-order valence-corrected chi connectivity index (χ3v) is 8.88. The third-order valence-electron chi connectivity index (χ3n) is 7.15. The lowest BCUT2D eigenvalue weighted by Gasteiger charge is -2.16. The van der Waals surface area contributed by atoms with Gasteiger partial charge in [0.05, 0.1) is 53.8 Å². The van der Waals surface area contributed by atoms with Gasteiger partial charge >= 0.3 is 6.09 Å². The van der Waals surface area contributed by atoms with E-state index in [9.17, 15) is 18.5 Å². The van der Waals surface area contributed by atoms with E-state index in [-0.39, 0.29) is 53.2 Å². The Balaban J connectivity index is 1.23. The van der Waals surface area contributed by atoms with E-state index in [0.29, 0.717) is 5.69 Å². The second-order valence-electron chi connectivity index (χ2n) is 9.23. The minimum absolute atomic E-state index is 0.0138. The Bertz CT molecular complexity index is 1480. The van der Waals surface area contributed by atoms with Crippen molar-refractivity contribution in [3.05, 3.63) is 60.2 Å². The summed E-state index contributed by atoms with van der Waals surface area (Å²) in [6.07, 6.45) is 3.08. The summed E-state index contributed by atoms with van der Waals surface area (Å²) in [7, 11) is -3.15. The number of sulfone groups is 1. The Morgan fingerprint density at radius 3 is 2.50 bits per heavy atom. The summed E-state index contributed by atoms with van der Waals surface area (Å²) in [5.41, 5.74) is -0.743. The van der Waals surface area contributed by atoms with Gasteiger partial charge < -0.3 is 4.74 Å². The number of aromatic nitrogens is 4. The predicted molar refractivity (Wildman–Crippen MR) is 120 cm³/mol. The lowest BCUT2D eigenvalue weighted by Crippen LogP contribution is -2.26. The fourth-order valence-electron chi connectivity index (χ4n) is 5.40. The molecule has 2 aromatic heterocycles. The van der Waals surface area contributed by atoms with Crippen LogP contribution in [0.3, 0.4) is 0 Å². The fraction of sp³-hybridized carbons (Fsp3) is 0.348. The highest BCUT2D eigenvalue weighted by atomic mass is 32.2. The van der Waals surface area contributed by atoms with Crippen molar-refractivity contribution in [2.75, 3.05) is 23.0 Å². The highest BCUT2D eigenvalue weighted by molar-refractivity contribution is 7.91. The summed E-state index contributed by atoms with van der Waals surface area (Å²) in [6.45, 7) is 0.336. The quantitative estimate of drug-likeness (QED) is 0.508. The maximum atomic E-state index is 15.1. The molecule has 2 aliphatic heterocycles. The van der Waals surface area contributed by atoms with E-state index in [1.165, 1.54) is 29.2 Å². The molecule has 1 aromatic carbocycles. The molecule has 1 unspecified atom stereocenters. The smallest absolute Gasteiger partial charge is 0.414 e. The van der Waals surface area contributed by atoms with E-state index in [1.807, 2.05) is 0 Å². The van der Waals surface area contributed by atoms with E-state index >= 15 is 8.78 Å². The van der Waals surface area contributed by atoms with Crippen LogP contribution in [-0.2, 0) is 26.5 Å². The van der Waals surface area contributed by atoms with E-state index in [1.54, 1.807) is 6.20 Å². The van der Waals surface area contributed by atoms with Crippen LogP contribution >= 0.6 is 0 Å². The molecule has 4 atom stereocenters. The number of carbonyl (C=O) groups excluding carboxylic acids is 1. The molecule has 10 nitrogen and oxygen atoms in total. The van der Waals surface area contributed by atoms with E-state index in [4.69, 9.17) is 4.74 Å². The minimum Gasteiger partial charge on any atom is -0.442 e. The molecule has 2 saturated heterocycles. The molecule has 6 rings (SSSR count). The molecule has 0 bridgehead atoms. The van der Waals surface area contributed by atoms with Crippen LogP contribution < -0.4 is 4.90 Å². The SMILES string of the molecule is N#CC1(c2ccc(-c3c(F)cc(N4C[C@H](Cn5ccnn5)OC4=O)cc3F)cn2)[C@@H]2CS(=O)(=O)C[C@@H]21. The fourth-order valence-corrected chi connectivity index (χ4v) is 7.62. The minimum atomic E-state index is -3.15. The van der Waals surface area contributed by atoms with Crippen LogP contribution in [0.4, 0.5) is 19.3 Å². The number of fused-ring (bicyclic) bond motifs is 1. The lowest BCUT2D eigenvalue weighted by molar-refractivity contribution is 0.129. The Kier molecular flexibility index (Phi) is 4.88. The number of cyclic esters (lactones) is 1. The van der Waals surface area contributed by atoms with Gasteiger partial charge in [0.25, 0.3) is 0 Å². The largest absolute Gasteiger partial charge is 0.442 e. The molecule has 13 heteroatoms. The molecular formula is C23H18F2N6O4S. The number of amides is 1. The molecule has 1 amide bonds. The first-order valence-electron chi connectivity index (χ1n) is 11.1. The van der Waals surface area contributed by atoms with Crippen LogP contribution in [0, 0.1) is 34.8 Å². The first-order valence-corrected chi connectivity index (χ1v) is 12.9. The van der Waals surface area contributed by atoms with Crippen LogP contribution in [0.1, 0.15) is 5.69 Å². The second kappa shape index (κ2) is 7.79. The van der Waals surface area contributed by atoms with Crippen molar-refractivity contribution in [2.45, 2.75) is 18.1 Å². The molecule has 36 heavy (non-hydrogen) atoms. The van der Waals surface area contributed by atoms with Gasteiger partial charge in [-0.25, -0.2) is 26.7 Å². The highest BCUT2D eigenvalue weighted by Gasteiger charge is 2.72. The summed E-state index contributed by atoms with van der Waals surface area (Å²) in [4.78, 5) is 17.7. The molecule has 3 fully saturated rings. The lowest BCUT2D eigenvalue weighted by atomic mass is 9.97. The summed E-state index contributed by atoms with van der Waals surface area (Å²) >= 11 is 0. The standard InChI is InChI=1S/C23H18F2N6O4S/c24-18-5-14(31-9-15(35-22(31)32)8-30-4-3-28-29-30)6-19(25)21(18)13-1-2-20(27-7-13)23(12-26)16-10-36(33,34)11-17(16)23/h1-7,15-17H,8-11H2/t15-,16-,17+,23?/m0/s1. The topological polar surface area (TPSA) is 131 Å². The van der Waals surface area contributed by atoms with E-state index in [2.05, 4.69) is 21.4 Å².